The Morgan fingerprint density at radius 2 is 2.00 bits per heavy atom. The first-order valence-corrected chi connectivity index (χ1v) is 8.50. The number of halogens is 1. The van der Waals surface area contributed by atoms with Gasteiger partial charge >= 0.3 is 5.97 Å². The van der Waals surface area contributed by atoms with E-state index < -0.39 is 0 Å². The molecule has 0 saturated carbocycles. The van der Waals surface area contributed by atoms with Gasteiger partial charge in [0.25, 0.3) is 0 Å². The van der Waals surface area contributed by atoms with Crippen LogP contribution in [0.4, 0.5) is 0 Å². The molecular formula is C19H17BrO4. The highest BCUT2D eigenvalue weighted by Crippen LogP contribution is 2.28. The first-order chi connectivity index (χ1) is 11.7. The average Bonchev–Trinajstić information content (AvgIpc) is 2.99. The summed E-state index contributed by atoms with van der Waals surface area (Å²) in [5, 5.41) is 1.02. The predicted molar refractivity (Wildman–Crippen MR) is 95.0 cm³/mol. The van der Waals surface area contributed by atoms with Crippen molar-refractivity contribution in [1.29, 1.82) is 0 Å². The zero-order valence-electron chi connectivity index (χ0n) is 13.3. The molecule has 0 fully saturated rings. The van der Waals surface area contributed by atoms with Crippen LogP contribution in [0.15, 0.2) is 57.4 Å². The lowest BCUT2D eigenvalue weighted by Gasteiger charge is -2.10. The van der Waals surface area contributed by atoms with Crippen molar-refractivity contribution in [3.63, 3.8) is 0 Å². The van der Waals surface area contributed by atoms with Gasteiger partial charge in [-0.15, -0.1) is 0 Å². The van der Waals surface area contributed by atoms with Crippen LogP contribution < -0.4 is 4.74 Å². The van der Waals surface area contributed by atoms with E-state index in [4.69, 9.17) is 13.9 Å². The Morgan fingerprint density at radius 1 is 1.17 bits per heavy atom. The Hall–Kier alpha value is -2.27. The zero-order valence-corrected chi connectivity index (χ0v) is 14.8. The van der Waals surface area contributed by atoms with Crippen molar-refractivity contribution in [1.82, 2.24) is 0 Å². The maximum Gasteiger partial charge on any atom is 0.310 e. The summed E-state index contributed by atoms with van der Waals surface area (Å²) in [6.07, 6.45) is 0.190. The number of fused-ring (bicyclic) bond motifs is 1. The Labute approximate surface area is 148 Å². The van der Waals surface area contributed by atoms with Crippen LogP contribution in [0.1, 0.15) is 18.2 Å². The summed E-state index contributed by atoms with van der Waals surface area (Å²) in [6.45, 7) is 2.46. The van der Waals surface area contributed by atoms with Crippen molar-refractivity contribution in [2.24, 2.45) is 0 Å². The van der Waals surface area contributed by atoms with Crippen LogP contribution in [-0.2, 0) is 22.6 Å². The molecule has 1 heterocycles. The molecule has 0 N–H and O–H groups in total. The molecule has 0 saturated heterocycles. The summed E-state index contributed by atoms with van der Waals surface area (Å²) in [5.74, 6) is 1.12. The average molecular weight is 389 g/mol. The molecule has 5 heteroatoms. The number of ether oxygens (including phenoxy) is 2. The van der Waals surface area contributed by atoms with E-state index in [1.54, 1.807) is 6.92 Å². The topological polar surface area (TPSA) is 48.7 Å². The summed E-state index contributed by atoms with van der Waals surface area (Å²) >= 11 is 3.47. The van der Waals surface area contributed by atoms with Crippen LogP contribution in [-0.4, -0.2) is 12.6 Å². The van der Waals surface area contributed by atoms with E-state index in [0.717, 1.165) is 26.8 Å². The van der Waals surface area contributed by atoms with Gasteiger partial charge in [0.1, 0.15) is 23.7 Å². The van der Waals surface area contributed by atoms with Gasteiger partial charge in [0.05, 0.1) is 17.5 Å². The SMILES string of the molecule is CCOC(=O)Cc1ccccc1OCc1cc2cccc(Br)c2o1. The third kappa shape index (κ3) is 3.79. The molecule has 3 aromatic rings. The van der Waals surface area contributed by atoms with Gasteiger partial charge in [-0.25, -0.2) is 0 Å². The van der Waals surface area contributed by atoms with E-state index >= 15 is 0 Å². The first kappa shape index (κ1) is 16.6. The lowest BCUT2D eigenvalue weighted by molar-refractivity contribution is -0.142. The minimum Gasteiger partial charge on any atom is -0.485 e. The molecule has 1 aromatic heterocycles. The van der Waals surface area contributed by atoms with Crippen molar-refractivity contribution in [3.05, 3.63) is 64.3 Å². The van der Waals surface area contributed by atoms with E-state index in [1.165, 1.54) is 0 Å². The minimum atomic E-state index is -0.263. The van der Waals surface area contributed by atoms with Crippen LogP contribution >= 0.6 is 15.9 Å². The Bertz CT molecular complexity index is 853. The molecule has 3 rings (SSSR count). The maximum atomic E-state index is 11.7. The van der Waals surface area contributed by atoms with Crippen molar-refractivity contribution in [2.75, 3.05) is 6.61 Å². The van der Waals surface area contributed by atoms with E-state index in [-0.39, 0.29) is 12.4 Å². The molecule has 0 aliphatic heterocycles. The highest BCUT2D eigenvalue weighted by atomic mass is 79.9. The molecule has 0 spiro atoms. The number of benzene rings is 2. The number of esters is 1. The van der Waals surface area contributed by atoms with Crippen molar-refractivity contribution >= 4 is 32.9 Å². The number of furan rings is 1. The second kappa shape index (κ2) is 7.53. The molecule has 0 aliphatic rings. The highest BCUT2D eigenvalue weighted by Gasteiger charge is 2.11. The fraction of sp³-hybridized carbons (Fsp3) is 0.211. The van der Waals surface area contributed by atoms with Gasteiger partial charge in [-0.3, -0.25) is 4.79 Å². The van der Waals surface area contributed by atoms with Crippen molar-refractivity contribution in [3.8, 4) is 5.75 Å². The molecular weight excluding hydrogens is 372 g/mol. The molecule has 24 heavy (non-hydrogen) atoms. The van der Waals surface area contributed by atoms with Crippen LogP contribution in [0.3, 0.4) is 0 Å². The maximum absolute atomic E-state index is 11.7. The fourth-order valence-electron chi connectivity index (χ4n) is 2.46. The normalized spacial score (nSPS) is 10.8. The summed E-state index contributed by atoms with van der Waals surface area (Å²) in [4.78, 5) is 11.7. The van der Waals surface area contributed by atoms with E-state index in [1.807, 2.05) is 48.5 Å². The fourth-order valence-corrected chi connectivity index (χ4v) is 2.92. The standard InChI is InChI=1S/C19H17BrO4/c1-2-22-18(21)11-13-6-3-4-9-17(13)23-12-15-10-14-7-5-8-16(20)19(14)24-15/h3-10H,2,11-12H2,1H3. The second-order valence-electron chi connectivity index (χ2n) is 5.25. The van der Waals surface area contributed by atoms with Gasteiger partial charge < -0.3 is 13.9 Å². The van der Waals surface area contributed by atoms with Gasteiger partial charge in [-0.2, -0.15) is 0 Å². The third-order valence-corrected chi connectivity index (χ3v) is 4.15. The predicted octanol–water partition coefficient (Wildman–Crippen LogP) is 4.88. The van der Waals surface area contributed by atoms with Gasteiger partial charge in [-0.05, 0) is 41.1 Å². The summed E-state index contributed by atoms with van der Waals surface area (Å²) in [7, 11) is 0. The van der Waals surface area contributed by atoms with Crippen molar-refractivity contribution in [2.45, 2.75) is 20.0 Å². The number of para-hydroxylation sites is 2. The molecule has 0 amide bonds. The Morgan fingerprint density at radius 3 is 2.79 bits per heavy atom. The van der Waals surface area contributed by atoms with Gasteiger partial charge in [0.15, 0.2) is 0 Å². The molecule has 0 unspecified atom stereocenters. The lowest BCUT2D eigenvalue weighted by Crippen LogP contribution is -2.09. The summed E-state index contributed by atoms with van der Waals surface area (Å²) < 4.78 is 17.6. The molecule has 0 aliphatic carbocycles. The first-order valence-electron chi connectivity index (χ1n) is 7.70. The third-order valence-electron chi connectivity index (χ3n) is 3.53. The van der Waals surface area contributed by atoms with E-state index in [0.29, 0.717) is 19.0 Å². The van der Waals surface area contributed by atoms with Crippen LogP contribution in [0.25, 0.3) is 11.0 Å². The monoisotopic (exact) mass is 388 g/mol. The second-order valence-corrected chi connectivity index (χ2v) is 6.10. The summed E-state index contributed by atoms with van der Waals surface area (Å²) in [5.41, 5.74) is 1.60. The number of hydrogen-bond donors (Lipinski definition) is 0. The van der Waals surface area contributed by atoms with E-state index in [9.17, 15) is 4.79 Å². The largest absolute Gasteiger partial charge is 0.485 e. The summed E-state index contributed by atoms with van der Waals surface area (Å²) in [6, 6.07) is 15.3. The van der Waals surface area contributed by atoms with Gasteiger partial charge in [0, 0.05) is 10.9 Å². The minimum absolute atomic E-state index is 0.190. The van der Waals surface area contributed by atoms with Gasteiger partial charge in [-0.1, -0.05) is 30.3 Å². The van der Waals surface area contributed by atoms with Crippen LogP contribution in [0.2, 0.25) is 0 Å². The zero-order chi connectivity index (χ0) is 16.9. The molecule has 0 atom stereocenters. The van der Waals surface area contributed by atoms with Crippen LogP contribution in [0, 0.1) is 0 Å². The van der Waals surface area contributed by atoms with E-state index in [2.05, 4.69) is 15.9 Å². The molecule has 2 aromatic carbocycles. The highest BCUT2D eigenvalue weighted by molar-refractivity contribution is 9.10. The van der Waals surface area contributed by atoms with Gasteiger partial charge in [0.2, 0.25) is 0 Å². The van der Waals surface area contributed by atoms with Crippen molar-refractivity contribution < 1.29 is 18.7 Å². The lowest BCUT2D eigenvalue weighted by atomic mass is 10.1. The number of rotatable bonds is 6. The number of carbonyl (C=O) groups is 1. The number of hydrogen-bond acceptors (Lipinski definition) is 4. The Balaban J connectivity index is 1.74. The van der Waals surface area contributed by atoms with Crippen LogP contribution in [0.5, 0.6) is 5.75 Å². The molecule has 4 nitrogen and oxygen atoms in total. The smallest absolute Gasteiger partial charge is 0.310 e. The number of carbonyl (C=O) groups excluding carboxylic acids is 1. The Kier molecular flexibility index (Phi) is 5.20. The molecule has 124 valence electrons. The molecule has 0 radical (unpaired) electrons. The molecule has 0 bridgehead atoms. The quantitative estimate of drug-likeness (QED) is 0.564.